The minimum atomic E-state index is 0.286. The van der Waals surface area contributed by atoms with E-state index in [4.69, 9.17) is 5.73 Å². The van der Waals surface area contributed by atoms with E-state index in [1.807, 2.05) is 0 Å². The van der Waals surface area contributed by atoms with Crippen molar-refractivity contribution in [2.75, 3.05) is 13.1 Å². The van der Waals surface area contributed by atoms with Gasteiger partial charge in [-0.3, -0.25) is 0 Å². The van der Waals surface area contributed by atoms with E-state index >= 15 is 0 Å². The van der Waals surface area contributed by atoms with Crippen LogP contribution in [-0.2, 0) is 0 Å². The zero-order chi connectivity index (χ0) is 11.6. The molecule has 2 nitrogen and oxygen atoms in total. The molecular weight excluding hydrogens is 196 g/mol. The first-order chi connectivity index (χ1) is 7.65. The van der Waals surface area contributed by atoms with Gasteiger partial charge < -0.3 is 11.1 Å². The van der Waals surface area contributed by atoms with Crippen LogP contribution < -0.4 is 11.1 Å². The summed E-state index contributed by atoms with van der Waals surface area (Å²) in [7, 11) is 0. The van der Waals surface area contributed by atoms with Crippen molar-refractivity contribution in [1.82, 2.24) is 5.32 Å². The van der Waals surface area contributed by atoms with Crippen LogP contribution in [0.4, 0.5) is 0 Å². The monoisotopic (exact) mass is 224 g/mol. The first-order valence-electron chi connectivity index (χ1n) is 7.10. The number of nitrogens with two attached hydrogens (primary N) is 1. The Morgan fingerprint density at radius 1 is 1.19 bits per heavy atom. The molecule has 16 heavy (non-hydrogen) atoms. The fourth-order valence-electron chi connectivity index (χ4n) is 3.00. The van der Waals surface area contributed by atoms with E-state index in [0.29, 0.717) is 0 Å². The average molecular weight is 224 g/mol. The van der Waals surface area contributed by atoms with Gasteiger partial charge >= 0.3 is 0 Å². The normalized spacial score (nSPS) is 35.6. The Morgan fingerprint density at radius 3 is 2.25 bits per heavy atom. The van der Waals surface area contributed by atoms with Crippen LogP contribution >= 0.6 is 0 Å². The van der Waals surface area contributed by atoms with Gasteiger partial charge in [0.15, 0.2) is 0 Å². The lowest BCUT2D eigenvalue weighted by Crippen LogP contribution is -2.54. The van der Waals surface area contributed by atoms with Crippen LogP contribution in [0.3, 0.4) is 0 Å². The van der Waals surface area contributed by atoms with Crippen LogP contribution in [0, 0.1) is 17.8 Å². The predicted molar refractivity (Wildman–Crippen MR) is 69.3 cm³/mol. The van der Waals surface area contributed by atoms with Crippen LogP contribution in [0.25, 0.3) is 0 Å². The Balaban J connectivity index is 1.81. The fraction of sp³-hybridized carbons (Fsp3) is 1.00. The molecule has 0 radical (unpaired) electrons. The molecule has 0 saturated heterocycles. The highest BCUT2D eigenvalue weighted by molar-refractivity contribution is 4.95. The molecule has 0 amide bonds. The summed E-state index contributed by atoms with van der Waals surface area (Å²) in [6.07, 6.45) is 8.18. The summed E-state index contributed by atoms with van der Waals surface area (Å²) in [6.45, 7) is 6.75. The summed E-state index contributed by atoms with van der Waals surface area (Å²) in [5, 5.41) is 3.78. The minimum absolute atomic E-state index is 0.286. The maximum atomic E-state index is 6.00. The minimum Gasteiger partial charge on any atom is -0.329 e. The molecule has 2 rings (SSSR count). The van der Waals surface area contributed by atoms with Gasteiger partial charge in [0, 0.05) is 12.1 Å². The fourth-order valence-corrected chi connectivity index (χ4v) is 3.00. The van der Waals surface area contributed by atoms with Crippen LogP contribution in [0.2, 0.25) is 0 Å². The third-order valence-electron chi connectivity index (χ3n) is 4.78. The van der Waals surface area contributed by atoms with Crippen LogP contribution in [0.15, 0.2) is 0 Å². The highest BCUT2D eigenvalue weighted by Crippen LogP contribution is 2.36. The van der Waals surface area contributed by atoms with Gasteiger partial charge in [-0.2, -0.15) is 0 Å². The first-order valence-corrected chi connectivity index (χ1v) is 7.10. The van der Waals surface area contributed by atoms with Crippen molar-refractivity contribution in [2.24, 2.45) is 23.5 Å². The third-order valence-corrected chi connectivity index (χ3v) is 4.78. The van der Waals surface area contributed by atoms with Crippen molar-refractivity contribution in [3.8, 4) is 0 Å². The maximum absolute atomic E-state index is 6.00. The second-order valence-electron chi connectivity index (χ2n) is 6.39. The van der Waals surface area contributed by atoms with Crippen molar-refractivity contribution in [3.05, 3.63) is 0 Å². The summed E-state index contributed by atoms with van der Waals surface area (Å²) < 4.78 is 0. The van der Waals surface area contributed by atoms with Gasteiger partial charge in [-0.1, -0.05) is 13.8 Å². The van der Waals surface area contributed by atoms with E-state index in [-0.39, 0.29) is 5.54 Å². The summed E-state index contributed by atoms with van der Waals surface area (Å²) in [5.41, 5.74) is 6.29. The molecule has 0 aliphatic heterocycles. The number of nitrogens with one attached hydrogen (secondary N) is 1. The lowest BCUT2D eigenvalue weighted by molar-refractivity contribution is 0.164. The molecule has 2 saturated carbocycles. The molecular formula is C14H28N2. The van der Waals surface area contributed by atoms with Crippen LogP contribution in [0.5, 0.6) is 0 Å². The Morgan fingerprint density at radius 2 is 1.81 bits per heavy atom. The van der Waals surface area contributed by atoms with E-state index in [0.717, 1.165) is 24.3 Å². The van der Waals surface area contributed by atoms with Gasteiger partial charge in [0.2, 0.25) is 0 Å². The van der Waals surface area contributed by atoms with Gasteiger partial charge in [-0.25, -0.2) is 0 Å². The molecule has 0 atom stereocenters. The molecule has 0 heterocycles. The van der Waals surface area contributed by atoms with E-state index in [1.54, 1.807) is 0 Å². The molecule has 0 aromatic heterocycles. The zero-order valence-electron chi connectivity index (χ0n) is 11.0. The van der Waals surface area contributed by atoms with Crippen LogP contribution in [-0.4, -0.2) is 18.6 Å². The molecule has 0 aromatic rings. The lowest BCUT2D eigenvalue weighted by Gasteiger charge is -2.41. The van der Waals surface area contributed by atoms with Crippen molar-refractivity contribution in [1.29, 1.82) is 0 Å². The van der Waals surface area contributed by atoms with Crippen molar-refractivity contribution in [3.63, 3.8) is 0 Å². The molecule has 2 fully saturated rings. The molecule has 94 valence electrons. The number of rotatable bonds is 5. The van der Waals surface area contributed by atoms with Gasteiger partial charge in [-0.05, 0) is 62.8 Å². The highest BCUT2D eigenvalue weighted by atomic mass is 15.0. The summed E-state index contributed by atoms with van der Waals surface area (Å²) >= 11 is 0. The Kier molecular flexibility index (Phi) is 3.91. The highest BCUT2D eigenvalue weighted by Gasteiger charge is 2.35. The number of hydrogen-bond donors (Lipinski definition) is 2. The van der Waals surface area contributed by atoms with Crippen LogP contribution in [0.1, 0.15) is 52.4 Å². The predicted octanol–water partition coefficient (Wildman–Crippen LogP) is 2.53. The Hall–Kier alpha value is -0.0800. The lowest BCUT2D eigenvalue weighted by atomic mass is 9.73. The van der Waals surface area contributed by atoms with Crippen molar-refractivity contribution in [2.45, 2.75) is 57.9 Å². The number of hydrogen-bond acceptors (Lipinski definition) is 2. The second kappa shape index (κ2) is 5.05. The molecule has 0 bridgehead atoms. The van der Waals surface area contributed by atoms with Crippen molar-refractivity contribution < 1.29 is 0 Å². The standard InChI is InChI=1S/C14H28N2/c1-11(2)13-5-7-14(10-15,8-6-13)16-9-12-3-4-12/h11-13,16H,3-10,15H2,1-2H3. The molecule has 2 aliphatic rings. The average Bonchev–Trinajstić information content (AvgIpc) is 3.11. The Labute approximate surface area is 100 Å². The van der Waals surface area contributed by atoms with E-state index < -0.39 is 0 Å². The maximum Gasteiger partial charge on any atom is 0.0304 e. The summed E-state index contributed by atoms with van der Waals surface area (Å²) in [4.78, 5) is 0. The largest absolute Gasteiger partial charge is 0.329 e. The molecule has 0 unspecified atom stereocenters. The quantitative estimate of drug-likeness (QED) is 0.753. The summed E-state index contributed by atoms with van der Waals surface area (Å²) in [5.74, 6) is 2.74. The molecule has 0 aromatic carbocycles. The van der Waals surface area contributed by atoms with E-state index in [1.165, 1.54) is 45.1 Å². The topological polar surface area (TPSA) is 38.0 Å². The third kappa shape index (κ3) is 2.98. The van der Waals surface area contributed by atoms with E-state index in [9.17, 15) is 0 Å². The molecule has 3 N–H and O–H groups in total. The van der Waals surface area contributed by atoms with Gasteiger partial charge in [0.25, 0.3) is 0 Å². The Bertz CT molecular complexity index is 213. The van der Waals surface area contributed by atoms with Crippen molar-refractivity contribution >= 4 is 0 Å². The first kappa shape index (κ1) is 12.4. The molecule has 0 spiro atoms. The van der Waals surface area contributed by atoms with E-state index in [2.05, 4.69) is 19.2 Å². The molecule has 2 heteroatoms. The molecule has 2 aliphatic carbocycles. The van der Waals surface area contributed by atoms with Gasteiger partial charge in [0.05, 0.1) is 0 Å². The summed E-state index contributed by atoms with van der Waals surface area (Å²) in [6, 6.07) is 0. The second-order valence-corrected chi connectivity index (χ2v) is 6.39. The van der Waals surface area contributed by atoms with Gasteiger partial charge in [-0.15, -0.1) is 0 Å². The smallest absolute Gasteiger partial charge is 0.0304 e. The SMILES string of the molecule is CC(C)C1CCC(CN)(NCC2CC2)CC1. The van der Waals surface area contributed by atoms with Gasteiger partial charge in [0.1, 0.15) is 0 Å². The zero-order valence-corrected chi connectivity index (χ0v) is 11.0.